The topological polar surface area (TPSA) is 62.2 Å². The Kier molecular flexibility index (Phi) is 9.01. The molecule has 0 radical (unpaired) electrons. The molecule has 0 heterocycles. The van der Waals surface area contributed by atoms with Crippen LogP contribution >= 0.6 is 0 Å². The van der Waals surface area contributed by atoms with Gasteiger partial charge in [0.05, 0.1) is 18.8 Å². The van der Waals surface area contributed by atoms with Crippen LogP contribution in [0.4, 0.5) is 16.2 Å². The second kappa shape index (κ2) is 12.2. The summed E-state index contributed by atoms with van der Waals surface area (Å²) in [6.45, 7) is 13.9. The van der Waals surface area contributed by atoms with Crippen molar-refractivity contribution in [2.75, 3.05) is 30.0 Å². The van der Waals surface area contributed by atoms with Gasteiger partial charge in [0.15, 0.2) is 0 Å². The van der Waals surface area contributed by atoms with Gasteiger partial charge >= 0.3 is 6.09 Å². The zero-order valence-corrected chi connectivity index (χ0v) is 21.8. The Morgan fingerprint density at radius 2 is 1.75 bits per heavy atom. The van der Waals surface area contributed by atoms with Crippen LogP contribution in [0, 0.1) is 6.92 Å². The van der Waals surface area contributed by atoms with Crippen LogP contribution in [0.25, 0.3) is 6.08 Å². The molecule has 0 aliphatic heterocycles. The van der Waals surface area contributed by atoms with Gasteiger partial charge in [-0.2, -0.15) is 0 Å². The average molecular weight is 489 g/mol. The van der Waals surface area contributed by atoms with Crippen molar-refractivity contribution in [1.29, 1.82) is 0 Å². The van der Waals surface area contributed by atoms with Crippen LogP contribution in [0.3, 0.4) is 0 Å². The standard InChI is InChI=1S/C30H36N2O4/c1-7-23-10-12-24(13-11-23)20-36-29-19-26(35-6)15-16-27(29)22(5)32(30(33)34)28-17-14-25(18-21(28)4)31(8-2)9-3/h7,10-19,22H,1,8-9,20H2,2-6H3,(H,33,34). The number of carbonyl (C=O) groups is 1. The molecular formula is C30H36N2O4. The number of anilines is 2. The van der Waals surface area contributed by atoms with Gasteiger partial charge < -0.3 is 19.5 Å². The minimum Gasteiger partial charge on any atom is -0.497 e. The predicted molar refractivity (Wildman–Crippen MR) is 148 cm³/mol. The van der Waals surface area contributed by atoms with Crippen molar-refractivity contribution in [2.45, 2.75) is 40.3 Å². The van der Waals surface area contributed by atoms with Crippen molar-refractivity contribution in [1.82, 2.24) is 0 Å². The number of benzene rings is 3. The minimum atomic E-state index is -1.03. The zero-order chi connectivity index (χ0) is 26.2. The van der Waals surface area contributed by atoms with Crippen molar-refractivity contribution >= 4 is 23.5 Å². The van der Waals surface area contributed by atoms with Crippen molar-refractivity contribution in [3.05, 3.63) is 89.5 Å². The number of hydrogen-bond donors (Lipinski definition) is 1. The lowest BCUT2D eigenvalue weighted by atomic mass is 10.0. The Morgan fingerprint density at radius 1 is 1.06 bits per heavy atom. The van der Waals surface area contributed by atoms with Crippen LogP contribution in [-0.4, -0.2) is 31.4 Å². The highest BCUT2D eigenvalue weighted by atomic mass is 16.5. The molecule has 3 aromatic carbocycles. The van der Waals surface area contributed by atoms with Gasteiger partial charge in [0.1, 0.15) is 18.1 Å². The fourth-order valence-corrected chi connectivity index (χ4v) is 4.33. The molecule has 1 amide bonds. The molecule has 3 aromatic rings. The third kappa shape index (κ3) is 6.00. The van der Waals surface area contributed by atoms with Crippen LogP contribution in [-0.2, 0) is 6.61 Å². The SMILES string of the molecule is C=Cc1ccc(COc2cc(OC)ccc2C(C)N(C(=O)O)c2ccc(N(CC)CC)cc2C)cc1. The van der Waals surface area contributed by atoms with Crippen LogP contribution in [0.2, 0.25) is 0 Å². The normalized spacial score (nSPS) is 11.5. The van der Waals surface area contributed by atoms with Crippen molar-refractivity contribution in [3.63, 3.8) is 0 Å². The summed E-state index contributed by atoms with van der Waals surface area (Å²) in [5, 5.41) is 10.2. The fraction of sp³-hybridized carbons (Fsp3) is 0.300. The molecule has 6 heteroatoms. The highest BCUT2D eigenvalue weighted by Gasteiger charge is 2.27. The van der Waals surface area contributed by atoms with Gasteiger partial charge in [-0.05, 0) is 74.7 Å². The Labute approximate surface area is 214 Å². The summed E-state index contributed by atoms with van der Waals surface area (Å²) >= 11 is 0. The highest BCUT2D eigenvalue weighted by Crippen LogP contribution is 2.37. The number of rotatable bonds is 11. The molecule has 3 rings (SSSR count). The van der Waals surface area contributed by atoms with E-state index < -0.39 is 12.1 Å². The summed E-state index contributed by atoms with van der Waals surface area (Å²) in [6.07, 6.45) is 0.770. The molecule has 6 nitrogen and oxygen atoms in total. The Hall–Kier alpha value is -3.93. The van der Waals surface area contributed by atoms with Gasteiger partial charge in [-0.25, -0.2) is 4.79 Å². The second-order valence-corrected chi connectivity index (χ2v) is 8.61. The first kappa shape index (κ1) is 26.7. The Bertz CT molecular complexity index is 1190. The van der Waals surface area contributed by atoms with E-state index in [4.69, 9.17) is 9.47 Å². The van der Waals surface area contributed by atoms with Gasteiger partial charge in [-0.3, -0.25) is 4.90 Å². The maximum absolute atomic E-state index is 12.5. The number of aryl methyl sites for hydroxylation is 1. The van der Waals surface area contributed by atoms with E-state index in [-0.39, 0.29) is 0 Å². The number of carboxylic acid groups (broad SMARTS) is 1. The second-order valence-electron chi connectivity index (χ2n) is 8.61. The summed E-state index contributed by atoms with van der Waals surface area (Å²) in [5.74, 6) is 1.22. The number of ether oxygens (including phenoxy) is 2. The summed E-state index contributed by atoms with van der Waals surface area (Å²) in [6, 6.07) is 18.9. The first-order chi connectivity index (χ1) is 17.3. The number of hydrogen-bond acceptors (Lipinski definition) is 4. The largest absolute Gasteiger partial charge is 0.497 e. The van der Waals surface area contributed by atoms with Crippen molar-refractivity contribution < 1.29 is 19.4 Å². The van der Waals surface area contributed by atoms with E-state index in [1.165, 1.54) is 4.90 Å². The first-order valence-electron chi connectivity index (χ1n) is 12.2. The summed E-state index contributed by atoms with van der Waals surface area (Å²) in [4.78, 5) is 16.2. The first-order valence-corrected chi connectivity index (χ1v) is 12.2. The van der Waals surface area contributed by atoms with Gasteiger partial charge in [0.2, 0.25) is 0 Å². The lowest BCUT2D eigenvalue weighted by Crippen LogP contribution is -2.33. The smallest absolute Gasteiger partial charge is 0.412 e. The van der Waals surface area contributed by atoms with Crippen LogP contribution < -0.4 is 19.3 Å². The number of amides is 1. The van der Waals surface area contributed by atoms with Gasteiger partial charge in [0.25, 0.3) is 0 Å². The van der Waals surface area contributed by atoms with E-state index >= 15 is 0 Å². The molecule has 0 aliphatic rings. The molecule has 0 spiro atoms. The molecule has 0 aromatic heterocycles. The highest BCUT2D eigenvalue weighted by molar-refractivity contribution is 5.88. The quantitative estimate of drug-likeness (QED) is 0.306. The van der Waals surface area contributed by atoms with E-state index in [9.17, 15) is 9.90 Å². The van der Waals surface area contributed by atoms with Crippen LogP contribution in [0.5, 0.6) is 11.5 Å². The molecular weight excluding hydrogens is 452 g/mol. The predicted octanol–water partition coefficient (Wildman–Crippen LogP) is 7.32. The van der Waals surface area contributed by atoms with Gasteiger partial charge in [-0.15, -0.1) is 0 Å². The van der Waals surface area contributed by atoms with Gasteiger partial charge in [-0.1, -0.05) is 36.9 Å². The van der Waals surface area contributed by atoms with E-state index in [0.717, 1.165) is 41.0 Å². The third-order valence-electron chi connectivity index (χ3n) is 6.44. The fourth-order valence-electron chi connectivity index (χ4n) is 4.33. The molecule has 0 fully saturated rings. The molecule has 1 unspecified atom stereocenters. The molecule has 1 N–H and O–H groups in total. The number of nitrogens with zero attached hydrogens (tertiary/aromatic N) is 2. The van der Waals surface area contributed by atoms with E-state index in [2.05, 4.69) is 25.3 Å². The molecule has 0 bridgehead atoms. The van der Waals surface area contributed by atoms with Crippen molar-refractivity contribution in [2.24, 2.45) is 0 Å². The third-order valence-corrected chi connectivity index (χ3v) is 6.44. The molecule has 190 valence electrons. The summed E-state index contributed by atoms with van der Waals surface area (Å²) in [7, 11) is 1.60. The zero-order valence-electron chi connectivity index (χ0n) is 21.8. The van der Waals surface area contributed by atoms with Crippen LogP contribution in [0.15, 0.2) is 67.2 Å². The maximum atomic E-state index is 12.5. The Balaban J connectivity index is 1.95. The van der Waals surface area contributed by atoms with E-state index in [0.29, 0.717) is 23.8 Å². The molecule has 0 saturated carbocycles. The molecule has 0 aliphatic carbocycles. The average Bonchev–Trinajstić information content (AvgIpc) is 2.89. The summed E-state index contributed by atoms with van der Waals surface area (Å²) < 4.78 is 11.6. The lowest BCUT2D eigenvalue weighted by molar-refractivity contribution is 0.199. The number of methoxy groups -OCH3 is 1. The van der Waals surface area contributed by atoms with Crippen LogP contribution in [0.1, 0.15) is 49.1 Å². The lowest BCUT2D eigenvalue weighted by Gasteiger charge is -2.30. The molecule has 36 heavy (non-hydrogen) atoms. The Morgan fingerprint density at radius 3 is 2.31 bits per heavy atom. The molecule has 1 atom stereocenters. The van der Waals surface area contributed by atoms with E-state index in [1.807, 2.05) is 68.4 Å². The van der Waals surface area contributed by atoms with E-state index in [1.54, 1.807) is 19.3 Å². The van der Waals surface area contributed by atoms with Crippen molar-refractivity contribution in [3.8, 4) is 11.5 Å². The summed E-state index contributed by atoms with van der Waals surface area (Å²) in [5.41, 5.74) is 5.41. The van der Waals surface area contributed by atoms with Gasteiger partial charge in [0, 0.05) is 30.4 Å². The molecule has 0 saturated heterocycles. The minimum absolute atomic E-state index is 0.342. The monoisotopic (exact) mass is 488 g/mol. The maximum Gasteiger partial charge on any atom is 0.412 e.